The number of nitrogens with zero attached hydrogens (tertiary/aromatic N) is 1. The molecule has 134 valence electrons. The highest BCUT2D eigenvalue weighted by Crippen LogP contribution is 2.34. The second-order valence-corrected chi connectivity index (χ2v) is 8.53. The monoisotopic (exact) mass is 354 g/mol. The van der Waals surface area contributed by atoms with E-state index < -0.39 is 15.3 Å². The van der Waals surface area contributed by atoms with Crippen molar-refractivity contribution in [2.24, 2.45) is 0 Å². The van der Waals surface area contributed by atoms with Crippen LogP contribution in [-0.4, -0.2) is 45.5 Å². The smallest absolute Gasteiger partial charge is 0.219 e. The van der Waals surface area contributed by atoms with Gasteiger partial charge in [0.25, 0.3) is 0 Å². The van der Waals surface area contributed by atoms with E-state index in [0.717, 1.165) is 37.0 Å². The highest BCUT2D eigenvalue weighted by atomic mass is 32.2. The van der Waals surface area contributed by atoms with E-state index >= 15 is 0 Å². The summed E-state index contributed by atoms with van der Waals surface area (Å²) >= 11 is 0. The van der Waals surface area contributed by atoms with Gasteiger partial charge >= 0.3 is 0 Å². The zero-order chi connectivity index (χ0) is 17.2. The summed E-state index contributed by atoms with van der Waals surface area (Å²) in [6, 6.07) is 7.23. The minimum Gasteiger partial charge on any atom is -0.497 e. The molecular formula is C17H26N2O4S. The molecule has 1 aromatic carbocycles. The minimum atomic E-state index is -3.45. The Morgan fingerprint density at radius 3 is 2.46 bits per heavy atom. The van der Waals surface area contributed by atoms with Crippen LogP contribution >= 0.6 is 0 Å². The summed E-state index contributed by atoms with van der Waals surface area (Å²) in [4.78, 5) is 5.55. The van der Waals surface area contributed by atoms with E-state index in [1.807, 2.05) is 24.3 Å². The van der Waals surface area contributed by atoms with Gasteiger partial charge in [-0.25, -0.2) is 13.1 Å². The SMILES string of the molecule is COc1ccc(C2C(S(=O)(=O)NC3CCCCC3)CON2C)cc1. The molecule has 0 spiro atoms. The first kappa shape index (κ1) is 17.7. The first-order valence-electron chi connectivity index (χ1n) is 8.52. The number of sulfonamides is 1. The molecule has 6 nitrogen and oxygen atoms in total. The summed E-state index contributed by atoms with van der Waals surface area (Å²) in [6.45, 7) is 0.176. The lowest BCUT2D eigenvalue weighted by Crippen LogP contribution is -2.44. The fraction of sp³-hybridized carbons (Fsp3) is 0.647. The van der Waals surface area contributed by atoms with Crippen LogP contribution in [0.1, 0.15) is 43.7 Å². The third-order valence-electron chi connectivity index (χ3n) is 4.98. The van der Waals surface area contributed by atoms with Gasteiger partial charge in [0, 0.05) is 13.1 Å². The molecule has 1 heterocycles. The van der Waals surface area contributed by atoms with Gasteiger partial charge in [0.2, 0.25) is 10.0 Å². The summed E-state index contributed by atoms with van der Waals surface area (Å²) in [7, 11) is -0.0584. The first-order valence-corrected chi connectivity index (χ1v) is 10.1. The lowest BCUT2D eigenvalue weighted by atomic mass is 9.96. The van der Waals surface area contributed by atoms with Crippen molar-refractivity contribution in [3.63, 3.8) is 0 Å². The number of hydroxylamine groups is 2. The van der Waals surface area contributed by atoms with Gasteiger partial charge in [-0.15, -0.1) is 0 Å². The van der Waals surface area contributed by atoms with Crippen LogP contribution in [0.3, 0.4) is 0 Å². The van der Waals surface area contributed by atoms with Crippen LogP contribution in [0.15, 0.2) is 24.3 Å². The van der Waals surface area contributed by atoms with Gasteiger partial charge < -0.3 is 4.74 Å². The Bertz CT molecular complexity index is 641. The van der Waals surface area contributed by atoms with Crippen molar-refractivity contribution in [1.82, 2.24) is 9.79 Å². The molecule has 2 fully saturated rings. The maximum absolute atomic E-state index is 12.9. The second kappa shape index (κ2) is 7.39. The number of methoxy groups -OCH3 is 1. The molecule has 0 bridgehead atoms. The van der Waals surface area contributed by atoms with E-state index in [2.05, 4.69) is 4.72 Å². The van der Waals surface area contributed by atoms with Crippen LogP contribution in [0.25, 0.3) is 0 Å². The van der Waals surface area contributed by atoms with Crippen molar-refractivity contribution >= 4 is 10.0 Å². The standard InChI is InChI=1S/C17H26N2O4S/c1-19-17(13-8-10-15(22-2)11-9-13)16(12-23-19)24(20,21)18-14-6-4-3-5-7-14/h8-11,14,16-18H,3-7,12H2,1-2H3. The zero-order valence-corrected chi connectivity index (χ0v) is 15.1. The summed E-state index contributed by atoms with van der Waals surface area (Å²) in [5.41, 5.74) is 0.912. The first-order chi connectivity index (χ1) is 11.5. The van der Waals surface area contributed by atoms with Crippen LogP contribution in [-0.2, 0) is 14.9 Å². The summed E-state index contributed by atoms with van der Waals surface area (Å²) < 4.78 is 33.9. The van der Waals surface area contributed by atoms with E-state index in [-0.39, 0.29) is 18.7 Å². The molecule has 7 heteroatoms. The van der Waals surface area contributed by atoms with Gasteiger partial charge in [0.15, 0.2) is 0 Å². The lowest BCUT2D eigenvalue weighted by Gasteiger charge is -2.27. The fourth-order valence-electron chi connectivity index (χ4n) is 3.62. The molecule has 2 atom stereocenters. The van der Waals surface area contributed by atoms with Crippen molar-refractivity contribution in [2.45, 2.75) is 49.4 Å². The highest BCUT2D eigenvalue weighted by Gasteiger charge is 2.43. The molecule has 0 radical (unpaired) electrons. The topological polar surface area (TPSA) is 67.9 Å². The average Bonchev–Trinajstić information content (AvgIpc) is 2.98. The van der Waals surface area contributed by atoms with Gasteiger partial charge in [0.05, 0.1) is 19.8 Å². The van der Waals surface area contributed by atoms with Gasteiger partial charge in [-0.05, 0) is 30.5 Å². The molecule has 0 amide bonds. The molecule has 1 saturated heterocycles. The van der Waals surface area contributed by atoms with E-state index in [1.165, 1.54) is 6.42 Å². The van der Waals surface area contributed by atoms with Crippen molar-refractivity contribution in [3.05, 3.63) is 29.8 Å². The Morgan fingerprint density at radius 1 is 1.17 bits per heavy atom. The minimum absolute atomic E-state index is 0.0613. The van der Waals surface area contributed by atoms with E-state index in [1.54, 1.807) is 19.2 Å². The molecule has 3 rings (SSSR count). The molecule has 24 heavy (non-hydrogen) atoms. The lowest BCUT2D eigenvalue weighted by molar-refractivity contribution is -0.110. The van der Waals surface area contributed by atoms with Crippen molar-refractivity contribution in [3.8, 4) is 5.75 Å². The maximum atomic E-state index is 12.9. The van der Waals surface area contributed by atoms with E-state index in [4.69, 9.17) is 9.57 Å². The number of ether oxygens (including phenoxy) is 1. The summed E-state index contributed by atoms with van der Waals surface area (Å²) in [6.07, 6.45) is 5.24. The van der Waals surface area contributed by atoms with Crippen LogP contribution < -0.4 is 9.46 Å². The number of benzene rings is 1. The third-order valence-corrected chi connectivity index (χ3v) is 6.83. The normalized spacial score (nSPS) is 26.6. The van der Waals surface area contributed by atoms with E-state index in [9.17, 15) is 8.42 Å². The molecule has 1 aromatic rings. The van der Waals surface area contributed by atoms with Crippen LogP contribution in [0.4, 0.5) is 0 Å². The summed E-state index contributed by atoms with van der Waals surface area (Å²) in [5.74, 6) is 0.750. The molecule has 0 aromatic heterocycles. The average molecular weight is 354 g/mol. The van der Waals surface area contributed by atoms with E-state index in [0.29, 0.717) is 0 Å². The molecule has 1 saturated carbocycles. The number of hydrogen-bond donors (Lipinski definition) is 1. The molecule has 2 unspecified atom stereocenters. The summed E-state index contributed by atoms with van der Waals surface area (Å²) in [5, 5.41) is 1.03. The third kappa shape index (κ3) is 3.74. The predicted molar refractivity (Wildman–Crippen MR) is 92.2 cm³/mol. The number of rotatable bonds is 5. The van der Waals surface area contributed by atoms with Crippen molar-refractivity contribution in [1.29, 1.82) is 0 Å². The molecule has 2 aliphatic rings. The molecule has 1 N–H and O–H groups in total. The Morgan fingerprint density at radius 2 is 1.83 bits per heavy atom. The molecular weight excluding hydrogens is 328 g/mol. The largest absolute Gasteiger partial charge is 0.497 e. The zero-order valence-electron chi connectivity index (χ0n) is 14.3. The van der Waals surface area contributed by atoms with Crippen molar-refractivity contribution in [2.75, 3.05) is 20.8 Å². The van der Waals surface area contributed by atoms with Crippen LogP contribution in [0.2, 0.25) is 0 Å². The molecule has 1 aliphatic carbocycles. The van der Waals surface area contributed by atoms with Crippen LogP contribution in [0, 0.1) is 0 Å². The number of hydrogen-bond acceptors (Lipinski definition) is 5. The molecule has 1 aliphatic heterocycles. The highest BCUT2D eigenvalue weighted by molar-refractivity contribution is 7.90. The van der Waals surface area contributed by atoms with Gasteiger partial charge in [-0.2, -0.15) is 5.06 Å². The van der Waals surface area contributed by atoms with Crippen molar-refractivity contribution < 1.29 is 18.0 Å². The quantitative estimate of drug-likeness (QED) is 0.878. The Labute approximate surface area is 144 Å². The second-order valence-electron chi connectivity index (χ2n) is 6.60. The maximum Gasteiger partial charge on any atom is 0.219 e. The van der Waals surface area contributed by atoms with Gasteiger partial charge in [-0.1, -0.05) is 31.4 Å². The Hall–Kier alpha value is -1.15. The number of nitrogens with one attached hydrogen (secondary N) is 1. The van der Waals surface area contributed by atoms with Gasteiger partial charge in [0.1, 0.15) is 11.0 Å². The Balaban J connectivity index is 1.79. The Kier molecular flexibility index (Phi) is 5.44. The fourth-order valence-corrected chi connectivity index (χ4v) is 5.40. The van der Waals surface area contributed by atoms with Crippen LogP contribution in [0.5, 0.6) is 5.75 Å². The predicted octanol–water partition coefficient (Wildman–Crippen LogP) is 2.23. The van der Waals surface area contributed by atoms with Gasteiger partial charge in [-0.3, -0.25) is 4.84 Å².